The third-order valence-corrected chi connectivity index (χ3v) is 2.01. The average Bonchev–Trinajstić information content (AvgIpc) is 2.32. The van der Waals surface area contributed by atoms with Crippen molar-refractivity contribution in [1.29, 1.82) is 0 Å². The van der Waals surface area contributed by atoms with Gasteiger partial charge in [-0.2, -0.15) is 0 Å². The Hall–Kier alpha value is -0.900. The van der Waals surface area contributed by atoms with Crippen molar-refractivity contribution in [2.45, 2.75) is 18.9 Å². The number of methoxy groups -OCH3 is 1. The summed E-state index contributed by atoms with van der Waals surface area (Å²) >= 11 is 0. The van der Waals surface area contributed by atoms with Crippen LogP contribution in [0.25, 0.3) is 0 Å². The second-order valence-electron chi connectivity index (χ2n) is 2.66. The Morgan fingerprint density at radius 2 is 2.36 bits per heavy atom. The molecular formula is C7H11NO3. The molecule has 1 rings (SSSR count). The van der Waals surface area contributed by atoms with Gasteiger partial charge in [-0.15, -0.1) is 0 Å². The molecule has 1 aliphatic carbocycles. The van der Waals surface area contributed by atoms with Crippen molar-refractivity contribution in [3.8, 4) is 0 Å². The number of ether oxygens (including phenoxy) is 1. The van der Waals surface area contributed by atoms with Gasteiger partial charge < -0.3 is 10.5 Å². The molecule has 4 heteroatoms. The van der Waals surface area contributed by atoms with Crippen LogP contribution in [0.15, 0.2) is 0 Å². The number of Topliss-reactive ketones (excluding diaryl/α,β-unsaturated/α-hetero) is 1. The molecule has 1 fully saturated rings. The fourth-order valence-corrected chi connectivity index (χ4v) is 1.28. The second-order valence-corrected chi connectivity index (χ2v) is 2.66. The Morgan fingerprint density at radius 3 is 2.73 bits per heavy atom. The highest BCUT2D eigenvalue weighted by molar-refractivity contribution is 5.92. The van der Waals surface area contributed by atoms with E-state index < -0.39 is 12.0 Å². The van der Waals surface area contributed by atoms with E-state index in [-0.39, 0.29) is 11.8 Å². The number of hydrogen-bond donors (Lipinski definition) is 1. The molecule has 0 radical (unpaired) electrons. The normalized spacial score (nSPS) is 30.5. The molecule has 62 valence electrons. The van der Waals surface area contributed by atoms with Crippen molar-refractivity contribution in [3.63, 3.8) is 0 Å². The van der Waals surface area contributed by atoms with Gasteiger partial charge in [0.05, 0.1) is 19.1 Å². The Morgan fingerprint density at radius 1 is 1.73 bits per heavy atom. The van der Waals surface area contributed by atoms with E-state index in [1.54, 1.807) is 0 Å². The third kappa shape index (κ3) is 1.40. The van der Waals surface area contributed by atoms with E-state index in [0.29, 0.717) is 12.8 Å². The molecule has 0 aliphatic heterocycles. The molecule has 1 saturated carbocycles. The van der Waals surface area contributed by atoms with E-state index in [4.69, 9.17) is 5.73 Å². The van der Waals surface area contributed by atoms with E-state index in [0.717, 1.165) is 0 Å². The minimum atomic E-state index is -0.637. The first-order valence-corrected chi connectivity index (χ1v) is 3.53. The molecule has 0 aromatic heterocycles. The Balaban J connectivity index is 2.61. The SMILES string of the molecule is COC(=O)[C@@H]1CCC(=O)[C@H]1N. The molecule has 1 aliphatic rings. The zero-order chi connectivity index (χ0) is 8.43. The first kappa shape index (κ1) is 8.20. The molecule has 0 amide bonds. The zero-order valence-electron chi connectivity index (χ0n) is 6.37. The molecule has 0 aromatic carbocycles. The highest BCUT2D eigenvalue weighted by Gasteiger charge is 2.37. The largest absolute Gasteiger partial charge is 0.469 e. The van der Waals surface area contributed by atoms with E-state index in [1.807, 2.05) is 0 Å². The Kier molecular flexibility index (Phi) is 2.24. The van der Waals surface area contributed by atoms with Crippen LogP contribution < -0.4 is 5.73 Å². The van der Waals surface area contributed by atoms with Gasteiger partial charge in [-0.05, 0) is 6.42 Å². The van der Waals surface area contributed by atoms with E-state index >= 15 is 0 Å². The van der Waals surface area contributed by atoms with Gasteiger partial charge >= 0.3 is 5.97 Å². The minimum Gasteiger partial charge on any atom is -0.469 e. The van der Waals surface area contributed by atoms with Crippen LogP contribution in [0.5, 0.6) is 0 Å². The summed E-state index contributed by atoms with van der Waals surface area (Å²) in [7, 11) is 1.30. The van der Waals surface area contributed by atoms with Crippen LogP contribution in [0.1, 0.15) is 12.8 Å². The molecule has 0 spiro atoms. The summed E-state index contributed by atoms with van der Waals surface area (Å²) in [4.78, 5) is 21.8. The van der Waals surface area contributed by atoms with Gasteiger partial charge in [-0.25, -0.2) is 0 Å². The van der Waals surface area contributed by atoms with Crippen LogP contribution in [-0.2, 0) is 14.3 Å². The molecule has 0 heterocycles. The highest BCUT2D eigenvalue weighted by Crippen LogP contribution is 2.21. The van der Waals surface area contributed by atoms with Crippen molar-refractivity contribution >= 4 is 11.8 Å². The zero-order valence-corrected chi connectivity index (χ0v) is 6.37. The average molecular weight is 157 g/mol. The number of carbonyl (C=O) groups excluding carboxylic acids is 2. The monoisotopic (exact) mass is 157 g/mol. The molecule has 0 saturated heterocycles. The number of nitrogens with two attached hydrogens (primary N) is 1. The predicted molar refractivity (Wildman–Crippen MR) is 37.7 cm³/mol. The summed E-state index contributed by atoms with van der Waals surface area (Å²) in [5, 5.41) is 0. The lowest BCUT2D eigenvalue weighted by Crippen LogP contribution is -2.36. The number of rotatable bonds is 1. The first-order valence-electron chi connectivity index (χ1n) is 3.53. The van der Waals surface area contributed by atoms with Gasteiger partial charge in [-0.3, -0.25) is 9.59 Å². The molecule has 11 heavy (non-hydrogen) atoms. The number of carbonyl (C=O) groups is 2. The van der Waals surface area contributed by atoms with Gasteiger partial charge in [0.15, 0.2) is 0 Å². The molecule has 2 atom stereocenters. The lowest BCUT2D eigenvalue weighted by molar-refractivity contribution is -0.146. The van der Waals surface area contributed by atoms with Crippen molar-refractivity contribution in [1.82, 2.24) is 0 Å². The van der Waals surface area contributed by atoms with Crippen LogP contribution in [0.4, 0.5) is 0 Å². The smallest absolute Gasteiger partial charge is 0.310 e. The van der Waals surface area contributed by atoms with Gasteiger partial charge in [0.25, 0.3) is 0 Å². The van der Waals surface area contributed by atoms with Gasteiger partial charge in [0.2, 0.25) is 0 Å². The van der Waals surface area contributed by atoms with Crippen molar-refractivity contribution < 1.29 is 14.3 Å². The van der Waals surface area contributed by atoms with Gasteiger partial charge in [-0.1, -0.05) is 0 Å². The summed E-state index contributed by atoms with van der Waals surface area (Å²) in [6, 6.07) is -0.637. The lowest BCUT2D eigenvalue weighted by Gasteiger charge is -2.09. The topological polar surface area (TPSA) is 69.4 Å². The highest BCUT2D eigenvalue weighted by atomic mass is 16.5. The number of hydrogen-bond acceptors (Lipinski definition) is 4. The third-order valence-electron chi connectivity index (χ3n) is 2.01. The standard InChI is InChI=1S/C7H11NO3/c1-11-7(10)4-2-3-5(9)6(4)8/h4,6H,2-3,8H2,1H3/t4-,6+/m1/s1. The van der Waals surface area contributed by atoms with Crippen LogP contribution in [0.3, 0.4) is 0 Å². The molecular weight excluding hydrogens is 146 g/mol. The molecule has 2 N–H and O–H groups in total. The van der Waals surface area contributed by atoms with Crippen LogP contribution in [0.2, 0.25) is 0 Å². The second kappa shape index (κ2) is 3.00. The summed E-state index contributed by atoms with van der Waals surface area (Å²) in [5.74, 6) is -0.823. The maximum Gasteiger partial charge on any atom is 0.310 e. The van der Waals surface area contributed by atoms with Crippen LogP contribution >= 0.6 is 0 Å². The molecule has 0 unspecified atom stereocenters. The fourth-order valence-electron chi connectivity index (χ4n) is 1.28. The van der Waals surface area contributed by atoms with Gasteiger partial charge in [0.1, 0.15) is 5.78 Å². The van der Waals surface area contributed by atoms with E-state index in [1.165, 1.54) is 7.11 Å². The minimum absolute atomic E-state index is 0.0413. The lowest BCUT2D eigenvalue weighted by atomic mass is 10.1. The Labute approximate surface area is 64.7 Å². The van der Waals surface area contributed by atoms with E-state index in [2.05, 4.69) is 4.74 Å². The maximum atomic E-state index is 10.9. The number of esters is 1. The van der Waals surface area contributed by atoms with Crippen LogP contribution in [0, 0.1) is 5.92 Å². The van der Waals surface area contributed by atoms with Crippen molar-refractivity contribution in [2.75, 3.05) is 7.11 Å². The first-order chi connectivity index (χ1) is 5.16. The summed E-state index contributed by atoms with van der Waals surface area (Å²) < 4.78 is 4.48. The summed E-state index contributed by atoms with van der Waals surface area (Å²) in [6.07, 6.45) is 0.938. The molecule has 4 nitrogen and oxygen atoms in total. The molecule has 0 bridgehead atoms. The number of ketones is 1. The summed E-state index contributed by atoms with van der Waals surface area (Å²) in [5.41, 5.74) is 5.45. The van der Waals surface area contributed by atoms with E-state index in [9.17, 15) is 9.59 Å². The van der Waals surface area contributed by atoms with Crippen LogP contribution in [-0.4, -0.2) is 24.9 Å². The fraction of sp³-hybridized carbons (Fsp3) is 0.714. The quantitative estimate of drug-likeness (QED) is 0.519. The van der Waals surface area contributed by atoms with Crippen molar-refractivity contribution in [2.24, 2.45) is 11.7 Å². The van der Waals surface area contributed by atoms with Crippen molar-refractivity contribution in [3.05, 3.63) is 0 Å². The predicted octanol–water partition coefficient (Wildman–Crippen LogP) is -0.534. The maximum absolute atomic E-state index is 10.9. The molecule has 0 aromatic rings. The Bertz CT molecular complexity index is 190. The summed E-state index contributed by atoms with van der Waals surface area (Å²) in [6.45, 7) is 0. The van der Waals surface area contributed by atoms with Gasteiger partial charge in [0, 0.05) is 6.42 Å².